The molecule has 26 heavy (non-hydrogen) atoms. The minimum Gasteiger partial charge on any atom is -0.507 e. The quantitative estimate of drug-likeness (QED) is 0.431. The zero-order valence-electron chi connectivity index (χ0n) is 13.9. The number of nitrogens with one attached hydrogen (secondary N) is 1. The van der Waals surface area contributed by atoms with Gasteiger partial charge in [-0.3, -0.25) is 4.79 Å². The number of phenols is 1. The van der Waals surface area contributed by atoms with Gasteiger partial charge in [-0.05, 0) is 29.8 Å². The first-order valence-electron chi connectivity index (χ1n) is 8.04. The Morgan fingerprint density at radius 1 is 0.846 bits per heavy atom. The molecule has 0 unspecified atom stereocenters. The lowest BCUT2D eigenvalue weighted by atomic mass is 10.2. The molecule has 2 N–H and O–H groups in total. The van der Waals surface area contributed by atoms with E-state index in [1.807, 2.05) is 36.4 Å². The van der Waals surface area contributed by atoms with E-state index in [-0.39, 0.29) is 17.5 Å². The average molecular weight is 343 g/mol. The van der Waals surface area contributed by atoms with Gasteiger partial charge in [0.15, 0.2) is 5.84 Å². The van der Waals surface area contributed by atoms with Crippen LogP contribution in [0.15, 0.2) is 95.0 Å². The monoisotopic (exact) mass is 343 g/mol. The Bertz CT molecular complexity index is 936. The van der Waals surface area contributed by atoms with Crippen LogP contribution in [0, 0.1) is 0 Å². The lowest BCUT2D eigenvalue weighted by Crippen LogP contribution is -2.19. The third-order valence-electron chi connectivity index (χ3n) is 3.58. The zero-order chi connectivity index (χ0) is 18.2. The second kappa shape index (κ2) is 8.39. The van der Waals surface area contributed by atoms with Gasteiger partial charge in [0.2, 0.25) is 0 Å². The SMILES string of the molecule is O=C(NN=C(N=Cc1ccccc1)c1ccccc1O)c1ccccc1. The minimum atomic E-state index is -0.353. The van der Waals surface area contributed by atoms with E-state index in [4.69, 9.17) is 0 Å². The zero-order valence-corrected chi connectivity index (χ0v) is 13.9. The Hall–Kier alpha value is -3.73. The van der Waals surface area contributed by atoms with Gasteiger partial charge in [-0.15, -0.1) is 0 Å². The van der Waals surface area contributed by atoms with E-state index in [1.54, 1.807) is 54.7 Å². The summed E-state index contributed by atoms with van der Waals surface area (Å²) in [4.78, 5) is 16.5. The number of amidine groups is 1. The maximum absolute atomic E-state index is 12.2. The van der Waals surface area contributed by atoms with Crippen LogP contribution < -0.4 is 5.43 Å². The fourth-order valence-electron chi connectivity index (χ4n) is 2.25. The molecule has 5 nitrogen and oxygen atoms in total. The summed E-state index contributed by atoms with van der Waals surface area (Å²) in [5.41, 5.74) is 4.27. The number of hydrogen-bond donors (Lipinski definition) is 2. The molecule has 0 spiro atoms. The van der Waals surface area contributed by atoms with E-state index in [2.05, 4.69) is 15.5 Å². The topological polar surface area (TPSA) is 74.0 Å². The molecule has 0 fully saturated rings. The number of carbonyl (C=O) groups excluding carboxylic acids is 1. The van der Waals surface area contributed by atoms with Crippen molar-refractivity contribution in [3.05, 3.63) is 102 Å². The molecule has 0 aliphatic heterocycles. The van der Waals surface area contributed by atoms with Gasteiger partial charge in [-0.1, -0.05) is 60.7 Å². The molecular weight excluding hydrogens is 326 g/mol. The predicted octanol–water partition coefficient (Wildman–Crippen LogP) is 3.60. The highest BCUT2D eigenvalue weighted by Gasteiger charge is 2.09. The van der Waals surface area contributed by atoms with Crippen molar-refractivity contribution < 1.29 is 9.90 Å². The van der Waals surface area contributed by atoms with Gasteiger partial charge in [-0.25, -0.2) is 10.4 Å². The molecule has 0 saturated carbocycles. The Morgan fingerprint density at radius 2 is 1.46 bits per heavy atom. The number of nitrogens with zero attached hydrogens (tertiary/aromatic N) is 2. The van der Waals surface area contributed by atoms with Crippen molar-refractivity contribution in [2.75, 3.05) is 0 Å². The van der Waals surface area contributed by atoms with Crippen molar-refractivity contribution in [1.82, 2.24) is 5.43 Å². The van der Waals surface area contributed by atoms with E-state index in [9.17, 15) is 9.90 Å². The Labute approximate surface area is 151 Å². The van der Waals surface area contributed by atoms with Crippen LogP contribution in [-0.4, -0.2) is 23.1 Å². The lowest BCUT2D eigenvalue weighted by Gasteiger charge is -2.05. The molecule has 0 aromatic heterocycles. The molecule has 3 rings (SSSR count). The highest BCUT2D eigenvalue weighted by atomic mass is 16.3. The van der Waals surface area contributed by atoms with Crippen LogP contribution in [-0.2, 0) is 0 Å². The third kappa shape index (κ3) is 4.42. The van der Waals surface area contributed by atoms with Crippen LogP contribution >= 0.6 is 0 Å². The highest BCUT2D eigenvalue weighted by Crippen LogP contribution is 2.17. The van der Waals surface area contributed by atoms with Crippen LogP contribution in [0.5, 0.6) is 5.75 Å². The summed E-state index contributed by atoms with van der Waals surface area (Å²) in [6, 6.07) is 25.0. The maximum atomic E-state index is 12.2. The molecule has 3 aromatic carbocycles. The molecule has 128 valence electrons. The van der Waals surface area contributed by atoms with Crippen LogP contribution in [0.2, 0.25) is 0 Å². The first-order chi connectivity index (χ1) is 12.7. The molecule has 3 aromatic rings. The first kappa shape index (κ1) is 17.1. The van der Waals surface area contributed by atoms with E-state index in [0.717, 1.165) is 5.56 Å². The number of aliphatic imine (C=N–C) groups is 1. The summed E-state index contributed by atoms with van der Waals surface area (Å²) in [5.74, 6) is -0.116. The predicted molar refractivity (Wildman–Crippen MR) is 103 cm³/mol. The first-order valence-corrected chi connectivity index (χ1v) is 8.04. The largest absolute Gasteiger partial charge is 0.507 e. The normalized spacial score (nSPS) is 11.5. The third-order valence-corrected chi connectivity index (χ3v) is 3.58. The second-order valence-electron chi connectivity index (χ2n) is 5.43. The van der Waals surface area contributed by atoms with Gasteiger partial charge in [0.1, 0.15) is 5.75 Å². The Balaban J connectivity index is 1.89. The number of phenolic OH excluding ortho intramolecular Hbond substituents is 1. The molecule has 5 heteroatoms. The molecular formula is C21H17N3O2. The van der Waals surface area contributed by atoms with Crippen molar-refractivity contribution >= 4 is 18.0 Å². The molecule has 0 bridgehead atoms. The van der Waals surface area contributed by atoms with Crippen molar-refractivity contribution in [2.24, 2.45) is 10.1 Å². The number of rotatable bonds is 4. The molecule has 1 amide bonds. The Kier molecular flexibility index (Phi) is 5.52. The standard InChI is InChI=1S/C21H17N3O2/c25-19-14-8-7-13-18(19)20(22-15-16-9-3-1-4-10-16)23-24-21(26)17-11-5-2-6-12-17/h1-15,25H,(H,24,26). The molecule has 0 saturated heterocycles. The van der Waals surface area contributed by atoms with Crippen LogP contribution in [0.3, 0.4) is 0 Å². The highest BCUT2D eigenvalue weighted by molar-refractivity contribution is 6.07. The number of hydrazone groups is 1. The number of benzene rings is 3. The van der Waals surface area contributed by atoms with Crippen molar-refractivity contribution in [2.45, 2.75) is 0 Å². The second-order valence-corrected chi connectivity index (χ2v) is 5.43. The summed E-state index contributed by atoms with van der Waals surface area (Å²) >= 11 is 0. The number of carbonyl (C=O) groups is 1. The van der Waals surface area contributed by atoms with Gasteiger partial charge in [0.05, 0.1) is 5.56 Å². The number of para-hydroxylation sites is 1. The average Bonchev–Trinajstić information content (AvgIpc) is 2.70. The number of hydrogen-bond acceptors (Lipinski definition) is 3. The van der Waals surface area contributed by atoms with Crippen LogP contribution in [0.25, 0.3) is 0 Å². The summed E-state index contributed by atoms with van der Waals surface area (Å²) in [6.07, 6.45) is 1.62. The van der Waals surface area contributed by atoms with E-state index >= 15 is 0 Å². The maximum Gasteiger partial charge on any atom is 0.271 e. The lowest BCUT2D eigenvalue weighted by molar-refractivity contribution is 0.0955. The van der Waals surface area contributed by atoms with Gasteiger partial charge in [-0.2, -0.15) is 5.10 Å². The minimum absolute atomic E-state index is 0.0328. The number of aromatic hydroxyl groups is 1. The summed E-state index contributed by atoms with van der Waals surface area (Å²) in [7, 11) is 0. The van der Waals surface area contributed by atoms with Crippen molar-refractivity contribution in [3.8, 4) is 5.75 Å². The van der Waals surface area contributed by atoms with E-state index < -0.39 is 0 Å². The smallest absolute Gasteiger partial charge is 0.271 e. The van der Waals surface area contributed by atoms with Gasteiger partial charge in [0.25, 0.3) is 5.91 Å². The fourth-order valence-corrected chi connectivity index (χ4v) is 2.25. The molecule has 0 aliphatic carbocycles. The fraction of sp³-hybridized carbons (Fsp3) is 0. The van der Waals surface area contributed by atoms with Gasteiger partial charge < -0.3 is 5.11 Å². The van der Waals surface area contributed by atoms with Gasteiger partial charge >= 0.3 is 0 Å². The van der Waals surface area contributed by atoms with Crippen molar-refractivity contribution in [1.29, 1.82) is 0 Å². The van der Waals surface area contributed by atoms with E-state index in [0.29, 0.717) is 11.1 Å². The summed E-state index contributed by atoms with van der Waals surface area (Å²) < 4.78 is 0. The van der Waals surface area contributed by atoms with Gasteiger partial charge in [0, 0.05) is 11.8 Å². The summed E-state index contributed by atoms with van der Waals surface area (Å²) in [6.45, 7) is 0. The number of amides is 1. The van der Waals surface area contributed by atoms with Crippen LogP contribution in [0.1, 0.15) is 21.5 Å². The molecule has 0 heterocycles. The van der Waals surface area contributed by atoms with E-state index in [1.165, 1.54) is 0 Å². The Morgan fingerprint density at radius 3 is 2.15 bits per heavy atom. The van der Waals surface area contributed by atoms with Crippen molar-refractivity contribution in [3.63, 3.8) is 0 Å². The summed E-state index contributed by atoms with van der Waals surface area (Å²) in [5, 5.41) is 14.2. The molecule has 0 atom stereocenters. The molecule has 0 radical (unpaired) electrons. The molecule has 0 aliphatic rings. The van der Waals surface area contributed by atoms with Crippen LogP contribution in [0.4, 0.5) is 0 Å².